The van der Waals surface area contributed by atoms with Crippen LogP contribution in [0.5, 0.6) is 0 Å². The highest BCUT2D eigenvalue weighted by molar-refractivity contribution is 7.99. The molecule has 18 heavy (non-hydrogen) atoms. The van der Waals surface area contributed by atoms with E-state index in [1.54, 1.807) is 0 Å². The standard InChI is InChI=1S/C13H24O4S/c14-12(15)9-7-5-3-1-2-4-6-8-10-18-11-13(16)17/h1-11H2,(H,14,15)(H,16,17). The molecule has 0 aliphatic carbocycles. The fourth-order valence-electron chi connectivity index (χ4n) is 1.70. The maximum absolute atomic E-state index is 10.3. The minimum atomic E-state index is -0.735. The zero-order chi connectivity index (χ0) is 13.6. The van der Waals surface area contributed by atoms with Crippen LogP contribution in [0.4, 0.5) is 0 Å². The summed E-state index contributed by atoms with van der Waals surface area (Å²) in [5.74, 6) is -0.288. The number of carboxylic acids is 2. The van der Waals surface area contributed by atoms with Gasteiger partial charge in [0.05, 0.1) is 5.75 Å². The Balaban J connectivity index is 2.99. The fraction of sp³-hybridized carbons (Fsp3) is 0.846. The summed E-state index contributed by atoms with van der Waals surface area (Å²) >= 11 is 1.48. The average Bonchev–Trinajstić information content (AvgIpc) is 2.29. The Morgan fingerprint density at radius 1 is 0.722 bits per heavy atom. The number of unbranched alkanes of at least 4 members (excludes halogenated alkanes) is 7. The van der Waals surface area contributed by atoms with Crippen LogP contribution in [0, 0.1) is 0 Å². The minimum Gasteiger partial charge on any atom is -0.481 e. The van der Waals surface area contributed by atoms with Crippen LogP contribution in [0.2, 0.25) is 0 Å². The van der Waals surface area contributed by atoms with E-state index < -0.39 is 11.9 Å². The second-order valence-electron chi connectivity index (χ2n) is 4.42. The first kappa shape index (κ1) is 17.3. The molecule has 106 valence electrons. The van der Waals surface area contributed by atoms with Crippen LogP contribution >= 0.6 is 11.8 Å². The first-order valence-electron chi connectivity index (χ1n) is 6.64. The third-order valence-corrected chi connectivity index (χ3v) is 3.68. The molecule has 4 nitrogen and oxygen atoms in total. The quantitative estimate of drug-likeness (QED) is 0.504. The number of hydrogen-bond donors (Lipinski definition) is 2. The van der Waals surface area contributed by atoms with Crippen LogP contribution in [0.15, 0.2) is 0 Å². The van der Waals surface area contributed by atoms with E-state index in [9.17, 15) is 9.59 Å². The summed E-state index contributed by atoms with van der Waals surface area (Å²) in [5, 5.41) is 16.9. The maximum atomic E-state index is 10.3. The molecule has 0 amide bonds. The number of carboxylic acid groups (broad SMARTS) is 2. The summed E-state index contributed by atoms with van der Waals surface area (Å²) in [6.07, 6.45) is 9.08. The molecule has 0 fully saturated rings. The molecule has 0 aliphatic heterocycles. The zero-order valence-electron chi connectivity index (χ0n) is 10.9. The van der Waals surface area contributed by atoms with Gasteiger partial charge in [-0.25, -0.2) is 0 Å². The monoisotopic (exact) mass is 276 g/mol. The van der Waals surface area contributed by atoms with Gasteiger partial charge >= 0.3 is 11.9 Å². The van der Waals surface area contributed by atoms with Gasteiger partial charge in [0.1, 0.15) is 0 Å². The summed E-state index contributed by atoms with van der Waals surface area (Å²) in [4.78, 5) is 20.5. The van der Waals surface area contributed by atoms with Crippen LogP contribution in [-0.2, 0) is 9.59 Å². The van der Waals surface area contributed by atoms with Crippen molar-refractivity contribution in [2.45, 2.75) is 57.8 Å². The van der Waals surface area contributed by atoms with Gasteiger partial charge in [0.2, 0.25) is 0 Å². The highest BCUT2D eigenvalue weighted by Crippen LogP contribution is 2.11. The lowest BCUT2D eigenvalue weighted by molar-refractivity contribution is -0.137. The molecule has 0 unspecified atom stereocenters. The van der Waals surface area contributed by atoms with Crippen LogP contribution in [0.3, 0.4) is 0 Å². The van der Waals surface area contributed by atoms with Gasteiger partial charge in [0.25, 0.3) is 0 Å². The highest BCUT2D eigenvalue weighted by atomic mass is 32.2. The average molecular weight is 276 g/mol. The predicted octanol–water partition coefficient (Wildman–Crippen LogP) is 3.40. The van der Waals surface area contributed by atoms with E-state index in [1.807, 2.05) is 0 Å². The van der Waals surface area contributed by atoms with Gasteiger partial charge in [0.15, 0.2) is 0 Å². The minimum absolute atomic E-state index is 0.212. The summed E-state index contributed by atoms with van der Waals surface area (Å²) in [6, 6.07) is 0. The molecule has 0 aromatic heterocycles. The maximum Gasteiger partial charge on any atom is 0.313 e. The zero-order valence-corrected chi connectivity index (χ0v) is 11.7. The van der Waals surface area contributed by atoms with Crippen molar-refractivity contribution < 1.29 is 19.8 Å². The fourth-order valence-corrected chi connectivity index (χ4v) is 2.43. The van der Waals surface area contributed by atoms with Crippen molar-refractivity contribution >= 4 is 23.7 Å². The molecular weight excluding hydrogens is 252 g/mol. The highest BCUT2D eigenvalue weighted by Gasteiger charge is 1.98. The largest absolute Gasteiger partial charge is 0.481 e. The van der Waals surface area contributed by atoms with Gasteiger partial charge in [-0.15, -0.1) is 0 Å². The van der Waals surface area contributed by atoms with E-state index >= 15 is 0 Å². The predicted molar refractivity (Wildman–Crippen MR) is 74.1 cm³/mol. The van der Waals surface area contributed by atoms with Crippen molar-refractivity contribution in [2.75, 3.05) is 11.5 Å². The third-order valence-electron chi connectivity index (χ3n) is 2.65. The molecule has 0 saturated carbocycles. The lowest BCUT2D eigenvalue weighted by Crippen LogP contribution is -1.98. The second-order valence-corrected chi connectivity index (χ2v) is 5.52. The summed E-state index contributed by atoms with van der Waals surface area (Å²) in [5.41, 5.74) is 0. The smallest absolute Gasteiger partial charge is 0.313 e. The molecule has 2 N–H and O–H groups in total. The molecule has 0 aromatic carbocycles. The van der Waals surface area contributed by atoms with E-state index in [-0.39, 0.29) is 5.75 Å². The second kappa shape index (κ2) is 12.7. The Morgan fingerprint density at radius 2 is 1.22 bits per heavy atom. The molecule has 0 radical (unpaired) electrons. The Labute approximate surface area is 113 Å². The van der Waals surface area contributed by atoms with Crippen molar-refractivity contribution in [1.29, 1.82) is 0 Å². The first-order valence-corrected chi connectivity index (χ1v) is 7.79. The van der Waals surface area contributed by atoms with Gasteiger partial charge in [-0.2, -0.15) is 11.8 Å². The molecule has 0 aliphatic rings. The number of aliphatic carboxylic acids is 2. The van der Waals surface area contributed by atoms with Crippen molar-refractivity contribution in [2.24, 2.45) is 0 Å². The Morgan fingerprint density at radius 3 is 1.72 bits per heavy atom. The molecule has 0 aromatic rings. The van der Waals surface area contributed by atoms with Crippen LogP contribution in [0.1, 0.15) is 57.8 Å². The van der Waals surface area contributed by atoms with Crippen LogP contribution < -0.4 is 0 Å². The van der Waals surface area contributed by atoms with Gasteiger partial charge in [0, 0.05) is 6.42 Å². The van der Waals surface area contributed by atoms with E-state index in [2.05, 4.69) is 0 Å². The SMILES string of the molecule is O=C(O)CCCCCCCCCCSCC(=O)O. The van der Waals surface area contributed by atoms with E-state index in [4.69, 9.17) is 10.2 Å². The summed E-state index contributed by atoms with van der Waals surface area (Å²) in [6.45, 7) is 0. The number of hydrogen-bond acceptors (Lipinski definition) is 3. The van der Waals surface area contributed by atoms with Gasteiger partial charge in [-0.05, 0) is 18.6 Å². The number of carbonyl (C=O) groups is 2. The van der Waals surface area contributed by atoms with Crippen LogP contribution in [0.25, 0.3) is 0 Å². The molecule has 0 saturated heterocycles. The van der Waals surface area contributed by atoms with Crippen LogP contribution in [-0.4, -0.2) is 33.7 Å². The van der Waals surface area contributed by atoms with Gasteiger partial charge in [-0.1, -0.05) is 38.5 Å². The van der Waals surface area contributed by atoms with Gasteiger partial charge < -0.3 is 10.2 Å². The molecule has 0 atom stereocenters. The molecule has 0 heterocycles. The van der Waals surface area contributed by atoms with Crippen molar-refractivity contribution in [3.8, 4) is 0 Å². The Bertz CT molecular complexity index is 207. The molecular formula is C13H24O4S. The molecule has 0 spiro atoms. The number of rotatable bonds is 13. The third kappa shape index (κ3) is 15.3. The van der Waals surface area contributed by atoms with Crippen molar-refractivity contribution in [3.05, 3.63) is 0 Å². The summed E-state index contributed by atoms with van der Waals surface area (Å²) in [7, 11) is 0. The van der Waals surface area contributed by atoms with E-state index in [0.29, 0.717) is 6.42 Å². The topological polar surface area (TPSA) is 74.6 Å². The van der Waals surface area contributed by atoms with Gasteiger partial charge in [-0.3, -0.25) is 9.59 Å². The normalized spacial score (nSPS) is 10.4. The lowest BCUT2D eigenvalue weighted by atomic mass is 10.1. The van der Waals surface area contributed by atoms with Crippen molar-refractivity contribution in [1.82, 2.24) is 0 Å². The molecule has 0 bridgehead atoms. The molecule has 5 heteroatoms. The van der Waals surface area contributed by atoms with E-state index in [1.165, 1.54) is 37.4 Å². The summed E-state index contributed by atoms with van der Waals surface area (Å²) < 4.78 is 0. The number of thioether (sulfide) groups is 1. The Hall–Kier alpha value is -0.710. The van der Waals surface area contributed by atoms with E-state index in [0.717, 1.165) is 31.4 Å². The lowest BCUT2D eigenvalue weighted by Gasteiger charge is -2.01. The molecule has 0 rings (SSSR count). The van der Waals surface area contributed by atoms with Crippen molar-refractivity contribution in [3.63, 3.8) is 0 Å². The Kier molecular flexibility index (Phi) is 12.2. The first-order chi connectivity index (χ1) is 8.63.